The van der Waals surface area contributed by atoms with E-state index in [2.05, 4.69) is 25.2 Å². The molecule has 3 N–H and O–H groups in total. The highest BCUT2D eigenvalue weighted by Gasteiger charge is 2.14. The molecule has 0 spiro atoms. The molecule has 86 valence electrons. The van der Waals surface area contributed by atoms with Crippen molar-refractivity contribution in [1.82, 2.24) is 5.32 Å². The third-order valence-electron chi connectivity index (χ3n) is 3.18. The molecule has 3 nitrogen and oxygen atoms in total. The number of carbonyl (C=O) groups excluding carboxylic acids is 1. The number of hydrogen-bond donors (Lipinski definition) is 2. The van der Waals surface area contributed by atoms with Gasteiger partial charge in [-0.3, -0.25) is 4.79 Å². The Labute approximate surface area is 92.1 Å². The smallest absolute Gasteiger partial charge is 0.160 e. The molecule has 15 heavy (non-hydrogen) atoms. The normalized spacial score (nSPS) is 27.0. The molecule has 2 atom stereocenters. The van der Waals surface area contributed by atoms with Crippen LogP contribution >= 0.6 is 0 Å². The van der Waals surface area contributed by atoms with E-state index in [1.165, 1.54) is 18.4 Å². The van der Waals surface area contributed by atoms with Gasteiger partial charge >= 0.3 is 0 Å². The van der Waals surface area contributed by atoms with Crippen LogP contribution in [0.3, 0.4) is 0 Å². The maximum atomic E-state index is 11.1. The molecule has 0 aromatic heterocycles. The van der Waals surface area contributed by atoms with Crippen LogP contribution in [0.5, 0.6) is 0 Å². The molecular weight excluding hydrogens is 188 g/mol. The van der Waals surface area contributed by atoms with Crippen molar-refractivity contribution in [3.8, 4) is 0 Å². The van der Waals surface area contributed by atoms with Crippen LogP contribution in [0.15, 0.2) is 11.6 Å². The first kappa shape index (κ1) is 12.4. The molecule has 1 rings (SSSR count). The van der Waals surface area contributed by atoms with E-state index >= 15 is 0 Å². The summed E-state index contributed by atoms with van der Waals surface area (Å²) in [4.78, 5) is 11.1. The van der Waals surface area contributed by atoms with E-state index in [0.29, 0.717) is 18.5 Å². The van der Waals surface area contributed by atoms with Crippen LogP contribution in [0.1, 0.15) is 33.1 Å². The predicted molar refractivity (Wildman–Crippen MR) is 62.6 cm³/mol. The Kier molecular flexibility index (Phi) is 4.99. The summed E-state index contributed by atoms with van der Waals surface area (Å²) in [6.45, 7) is 4.98. The molecule has 0 aromatic carbocycles. The summed E-state index contributed by atoms with van der Waals surface area (Å²) < 4.78 is 0. The van der Waals surface area contributed by atoms with Crippen molar-refractivity contribution in [2.45, 2.75) is 39.2 Å². The fourth-order valence-electron chi connectivity index (χ4n) is 1.91. The number of nitrogens with one attached hydrogen (secondary N) is 1. The topological polar surface area (TPSA) is 55.1 Å². The summed E-state index contributed by atoms with van der Waals surface area (Å²) in [5, 5.41) is 3.26. The maximum absolute atomic E-state index is 11.1. The van der Waals surface area contributed by atoms with Gasteiger partial charge in [0.2, 0.25) is 0 Å². The number of rotatable bonds is 4. The fraction of sp³-hybridized carbons (Fsp3) is 0.750. The van der Waals surface area contributed by atoms with Crippen LogP contribution in [-0.2, 0) is 4.79 Å². The molecule has 3 heteroatoms. The van der Waals surface area contributed by atoms with Gasteiger partial charge in [-0.2, -0.15) is 0 Å². The van der Waals surface area contributed by atoms with Crippen LogP contribution in [-0.4, -0.2) is 24.9 Å². The van der Waals surface area contributed by atoms with Crippen LogP contribution in [0.2, 0.25) is 0 Å². The number of hydrogen-bond acceptors (Lipinski definition) is 3. The van der Waals surface area contributed by atoms with Crippen molar-refractivity contribution >= 4 is 5.78 Å². The zero-order chi connectivity index (χ0) is 11.3. The van der Waals surface area contributed by atoms with Gasteiger partial charge in [0.1, 0.15) is 0 Å². The van der Waals surface area contributed by atoms with Crippen molar-refractivity contribution in [3.05, 3.63) is 11.6 Å². The Hall–Kier alpha value is -0.670. The number of allylic oxidation sites excluding steroid dienone is 1. The summed E-state index contributed by atoms with van der Waals surface area (Å²) in [6, 6.07) is 0.352. The lowest BCUT2D eigenvalue weighted by Gasteiger charge is -2.12. The van der Waals surface area contributed by atoms with Gasteiger partial charge in [0.05, 0.1) is 13.1 Å². The molecular formula is C12H22N2O. The summed E-state index contributed by atoms with van der Waals surface area (Å²) in [5.74, 6) is 0.764. The lowest BCUT2D eigenvalue weighted by molar-refractivity contribution is -0.117. The SMILES string of the molecule is CC1=CC(NCC(=O)CN)CCCC1C. The number of nitrogens with two attached hydrogens (primary N) is 1. The summed E-state index contributed by atoms with van der Waals surface area (Å²) in [7, 11) is 0. The van der Waals surface area contributed by atoms with Crippen LogP contribution in [0, 0.1) is 5.92 Å². The minimum absolute atomic E-state index is 0.0818. The number of carbonyl (C=O) groups is 1. The minimum atomic E-state index is 0.0818. The van der Waals surface area contributed by atoms with Crippen molar-refractivity contribution in [1.29, 1.82) is 0 Å². The highest BCUT2D eigenvalue weighted by Crippen LogP contribution is 2.22. The molecule has 0 fully saturated rings. The van der Waals surface area contributed by atoms with Crippen LogP contribution in [0.4, 0.5) is 0 Å². The molecule has 2 unspecified atom stereocenters. The molecule has 1 aliphatic rings. The molecule has 0 amide bonds. The Morgan fingerprint density at radius 3 is 3.00 bits per heavy atom. The van der Waals surface area contributed by atoms with Gasteiger partial charge in [0.25, 0.3) is 0 Å². The second kappa shape index (κ2) is 6.03. The molecule has 0 aliphatic heterocycles. The van der Waals surface area contributed by atoms with Crippen LogP contribution in [0.25, 0.3) is 0 Å². The third kappa shape index (κ3) is 4.14. The maximum Gasteiger partial charge on any atom is 0.160 e. The highest BCUT2D eigenvalue weighted by atomic mass is 16.1. The summed E-state index contributed by atoms with van der Waals surface area (Å²) >= 11 is 0. The first-order valence-corrected chi connectivity index (χ1v) is 5.77. The monoisotopic (exact) mass is 210 g/mol. The third-order valence-corrected chi connectivity index (χ3v) is 3.18. The standard InChI is InChI=1S/C12H22N2O/c1-9-4-3-5-11(6-10(9)2)14-8-12(15)7-13/h6,9,11,14H,3-5,7-8,13H2,1-2H3. The second-order valence-electron chi connectivity index (χ2n) is 4.47. The van der Waals surface area contributed by atoms with Gasteiger partial charge in [-0.15, -0.1) is 0 Å². The molecule has 0 saturated heterocycles. The average Bonchev–Trinajstić information content (AvgIpc) is 2.38. The van der Waals surface area contributed by atoms with Gasteiger partial charge in [-0.05, 0) is 25.7 Å². The molecule has 0 bridgehead atoms. The first-order chi connectivity index (χ1) is 7.13. The predicted octanol–water partition coefficient (Wildman–Crippen LogP) is 1.24. The van der Waals surface area contributed by atoms with E-state index < -0.39 is 0 Å². The minimum Gasteiger partial charge on any atom is -0.324 e. The van der Waals surface area contributed by atoms with Crippen LogP contribution < -0.4 is 11.1 Å². The van der Waals surface area contributed by atoms with E-state index in [9.17, 15) is 4.79 Å². The summed E-state index contributed by atoms with van der Waals surface area (Å²) in [6.07, 6.45) is 5.87. The molecule has 0 saturated carbocycles. The van der Waals surface area contributed by atoms with Gasteiger partial charge in [-0.25, -0.2) is 0 Å². The Bertz CT molecular complexity index is 248. The average molecular weight is 210 g/mol. The van der Waals surface area contributed by atoms with Gasteiger partial charge < -0.3 is 11.1 Å². The molecule has 1 aliphatic carbocycles. The van der Waals surface area contributed by atoms with Crippen molar-refractivity contribution in [3.63, 3.8) is 0 Å². The fourth-order valence-corrected chi connectivity index (χ4v) is 1.91. The lowest BCUT2D eigenvalue weighted by Crippen LogP contribution is -2.34. The molecule has 0 radical (unpaired) electrons. The number of Topliss-reactive ketones (excluding diaryl/α,β-unsaturated/α-hetero) is 1. The van der Waals surface area contributed by atoms with Gasteiger partial charge in [0, 0.05) is 6.04 Å². The first-order valence-electron chi connectivity index (χ1n) is 5.77. The lowest BCUT2D eigenvalue weighted by atomic mass is 9.99. The molecule has 0 aromatic rings. The zero-order valence-electron chi connectivity index (χ0n) is 9.75. The molecule has 0 heterocycles. The highest BCUT2D eigenvalue weighted by molar-refractivity contribution is 5.82. The van der Waals surface area contributed by atoms with Crippen molar-refractivity contribution < 1.29 is 4.79 Å². The van der Waals surface area contributed by atoms with Crippen molar-refractivity contribution in [2.24, 2.45) is 11.7 Å². The Balaban J connectivity index is 2.44. The van der Waals surface area contributed by atoms with E-state index in [-0.39, 0.29) is 12.3 Å². The Morgan fingerprint density at radius 1 is 1.60 bits per heavy atom. The van der Waals surface area contributed by atoms with Gasteiger partial charge in [-0.1, -0.05) is 25.0 Å². The zero-order valence-corrected chi connectivity index (χ0v) is 9.75. The van der Waals surface area contributed by atoms with E-state index in [0.717, 1.165) is 6.42 Å². The number of ketones is 1. The van der Waals surface area contributed by atoms with Crippen molar-refractivity contribution in [2.75, 3.05) is 13.1 Å². The largest absolute Gasteiger partial charge is 0.324 e. The van der Waals surface area contributed by atoms with Gasteiger partial charge in [0.15, 0.2) is 5.78 Å². The van der Waals surface area contributed by atoms with E-state index in [4.69, 9.17) is 5.73 Å². The quantitative estimate of drug-likeness (QED) is 0.686. The van der Waals surface area contributed by atoms with E-state index in [1.54, 1.807) is 0 Å². The Morgan fingerprint density at radius 2 is 2.33 bits per heavy atom. The second-order valence-corrected chi connectivity index (χ2v) is 4.47. The van der Waals surface area contributed by atoms with E-state index in [1.807, 2.05) is 0 Å². The summed E-state index contributed by atoms with van der Waals surface area (Å²) in [5.41, 5.74) is 6.70.